The van der Waals surface area contributed by atoms with Crippen molar-refractivity contribution in [2.24, 2.45) is 0 Å². The van der Waals surface area contributed by atoms with Crippen LogP contribution in [-0.2, 0) is 17.6 Å². The van der Waals surface area contributed by atoms with Gasteiger partial charge in [0.25, 0.3) is 0 Å². The normalized spacial score (nSPS) is 10.7. The third-order valence-corrected chi connectivity index (χ3v) is 4.00. The zero-order valence-corrected chi connectivity index (χ0v) is 13.7. The van der Waals surface area contributed by atoms with Crippen LogP contribution >= 0.6 is 0 Å². The predicted octanol–water partition coefficient (Wildman–Crippen LogP) is 2.86. The number of amides is 1. The summed E-state index contributed by atoms with van der Waals surface area (Å²) in [6.45, 7) is 0.636. The summed E-state index contributed by atoms with van der Waals surface area (Å²) in [6, 6.07) is 13.9. The quantitative estimate of drug-likeness (QED) is 0.702. The van der Waals surface area contributed by atoms with Crippen LogP contribution in [0.4, 0.5) is 0 Å². The molecular formula is C19H21N3O2. The minimum atomic E-state index is 0.0699. The molecule has 0 unspecified atom stereocenters. The molecule has 1 heterocycles. The number of carbonyl (C=O) groups excluding carboxylic acids is 1. The minimum Gasteiger partial charge on any atom is -0.497 e. The maximum Gasteiger partial charge on any atom is 0.220 e. The standard InChI is InChI=1S/C19H21N3O2/c1-24-16-4-2-3-14(11-16)6-8-19(23)20-10-9-15-5-7-17-18(12-15)22-13-21-17/h2-5,7,11-13H,6,8-10H2,1H3,(H,20,23)(H,21,22). The Balaban J connectivity index is 1.43. The number of aromatic nitrogens is 2. The second-order valence-electron chi connectivity index (χ2n) is 5.71. The van der Waals surface area contributed by atoms with Crippen LogP contribution in [-0.4, -0.2) is 29.5 Å². The molecule has 0 aliphatic carbocycles. The lowest BCUT2D eigenvalue weighted by Crippen LogP contribution is -2.25. The average Bonchev–Trinajstić information content (AvgIpc) is 3.08. The fourth-order valence-corrected chi connectivity index (χ4v) is 2.66. The Labute approximate surface area is 141 Å². The molecule has 0 saturated carbocycles. The van der Waals surface area contributed by atoms with Gasteiger partial charge in [0.05, 0.1) is 24.5 Å². The van der Waals surface area contributed by atoms with E-state index in [1.807, 2.05) is 36.4 Å². The lowest BCUT2D eigenvalue weighted by atomic mass is 10.1. The number of aryl methyl sites for hydroxylation is 1. The Morgan fingerprint density at radius 1 is 1.17 bits per heavy atom. The lowest BCUT2D eigenvalue weighted by Gasteiger charge is -2.07. The van der Waals surface area contributed by atoms with E-state index >= 15 is 0 Å². The molecule has 2 aromatic carbocycles. The number of imidazole rings is 1. The first-order chi connectivity index (χ1) is 11.7. The van der Waals surface area contributed by atoms with Crippen LogP contribution < -0.4 is 10.1 Å². The highest BCUT2D eigenvalue weighted by molar-refractivity contribution is 5.76. The number of hydrogen-bond donors (Lipinski definition) is 2. The van der Waals surface area contributed by atoms with E-state index in [1.165, 1.54) is 5.56 Å². The van der Waals surface area contributed by atoms with Gasteiger partial charge in [-0.15, -0.1) is 0 Å². The molecule has 3 aromatic rings. The SMILES string of the molecule is COc1cccc(CCC(=O)NCCc2ccc3nc[nH]c3c2)c1. The van der Waals surface area contributed by atoms with Crippen molar-refractivity contribution < 1.29 is 9.53 Å². The molecule has 0 aliphatic heterocycles. The van der Waals surface area contributed by atoms with Crippen molar-refractivity contribution >= 4 is 16.9 Å². The van der Waals surface area contributed by atoms with Crippen LogP contribution in [0.25, 0.3) is 11.0 Å². The summed E-state index contributed by atoms with van der Waals surface area (Å²) in [7, 11) is 1.65. The number of hydrogen-bond acceptors (Lipinski definition) is 3. The van der Waals surface area contributed by atoms with Gasteiger partial charge in [-0.05, 0) is 48.2 Å². The van der Waals surface area contributed by atoms with Gasteiger partial charge in [0.15, 0.2) is 0 Å². The molecule has 0 fully saturated rings. The topological polar surface area (TPSA) is 67.0 Å². The molecule has 1 aromatic heterocycles. The lowest BCUT2D eigenvalue weighted by molar-refractivity contribution is -0.121. The van der Waals surface area contributed by atoms with Crippen molar-refractivity contribution in [2.75, 3.05) is 13.7 Å². The van der Waals surface area contributed by atoms with Crippen LogP contribution in [0.5, 0.6) is 5.75 Å². The summed E-state index contributed by atoms with van der Waals surface area (Å²) in [5, 5.41) is 2.98. The first-order valence-electron chi connectivity index (χ1n) is 8.06. The van der Waals surface area contributed by atoms with Gasteiger partial charge in [0.1, 0.15) is 5.75 Å². The van der Waals surface area contributed by atoms with E-state index in [4.69, 9.17) is 4.74 Å². The molecule has 0 aliphatic rings. The first kappa shape index (κ1) is 16.1. The van der Waals surface area contributed by atoms with Gasteiger partial charge in [-0.3, -0.25) is 4.79 Å². The molecular weight excluding hydrogens is 302 g/mol. The maximum atomic E-state index is 12.0. The van der Waals surface area contributed by atoms with E-state index < -0.39 is 0 Å². The Morgan fingerprint density at radius 2 is 2.04 bits per heavy atom. The summed E-state index contributed by atoms with van der Waals surface area (Å²) in [6.07, 6.45) is 3.69. The molecule has 2 N–H and O–H groups in total. The molecule has 1 amide bonds. The number of benzene rings is 2. The second kappa shape index (κ2) is 7.64. The van der Waals surface area contributed by atoms with Crippen LogP contribution in [0.15, 0.2) is 48.8 Å². The van der Waals surface area contributed by atoms with Crippen LogP contribution in [0.1, 0.15) is 17.5 Å². The van der Waals surface area contributed by atoms with Gasteiger partial charge in [-0.2, -0.15) is 0 Å². The van der Waals surface area contributed by atoms with E-state index in [-0.39, 0.29) is 5.91 Å². The van der Waals surface area contributed by atoms with E-state index in [0.29, 0.717) is 19.4 Å². The number of H-pyrrole nitrogens is 1. The predicted molar refractivity (Wildman–Crippen MR) is 94.1 cm³/mol. The Hall–Kier alpha value is -2.82. The number of fused-ring (bicyclic) bond motifs is 1. The van der Waals surface area contributed by atoms with Crippen molar-refractivity contribution in [1.29, 1.82) is 0 Å². The highest BCUT2D eigenvalue weighted by atomic mass is 16.5. The fraction of sp³-hybridized carbons (Fsp3) is 0.263. The monoisotopic (exact) mass is 323 g/mol. The molecule has 124 valence electrons. The van der Waals surface area contributed by atoms with E-state index in [0.717, 1.165) is 28.8 Å². The molecule has 0 saturated heterocycles. The zero-order valence-electron chi connectivity index (χ0n) is 13.7. The van der Waals surface area contributed by atoms with Crippen LogP contribution in [0.2, 0.25) is 0 Å². The number of rotatable bonds is 7. The zero-order chi connectivity index (χ0) is 16.8. The molecule has 5 nitrogen and oxygen atoms in total. The van der Waals surface area contributed by atoms with E-state index in [9.17, 15) is 4.79 Å². The van der Waals surface area contributed by atoms with Crippen molar-refractivity contribution in [3.8, 4) is 5.75 Å². The summed E-state index contributed by atoms with van der Waals surface area (Å²) < 4.78 is 5.19. The van der Waals surface area contributed by atoms with Crippen molar-refractivity contribution in [2.45, 2.75) is 19.3 Å². The van der Waals surface area contributed by atoms with Gasteiger partial charge in [0.2, 0.25) is 5.91 Å². The molecule has 5 heteroatoms. The van der Waals surface area contributed by atoms with Crippen molar-refractivity contribution in [3.63, 3.8) is 0 Å². The molecule has 0 bridgehead atoms. The van der Waals surface area contributed by atoms with Crippen LogP contribution in [0, 0.1) is 0 Å². The largest absolute Gasteiger partial charge is 0.497 e. The molecule has 0 atom stereocenters. The summed E-state index contributed by atoms with van der Waals surface area (Å²) in [5.74, 6) is 0.891. The number of carbonyl (C=O) groups is 1. The highest BCUT2D eigenvalue weighted by Crippen LogP contribution is 2.14. The number of nitrogens with one attached hydrogen (secondary N) is 2. The maximum absolute atomic E-state index is 12.0. The third kappa shape index (κ3) is 4.13. The van der Waals surface area contributed by atoms with Crippen LogP contribution in [0.3, 0.4) is 0 Å². The molecule has 0 radical (unpaired) electrons. The average molecular weight is 323 g/mol. The smallest absolute Gasteiger partial charge is 0.220 e. The molecule has 24 heavy (non-hydrogen) atoms. The Morgan fingerprint density at radius 3 is 2.92 bits per heavy atom. The number of aromatic amines is 1. The minimum absolute atomic E-state index is 0.0699. The molecule has 0 spiro atoms. The molecule has 3 rings (SSSR count). The van der Waals surface area contributed by atoms with Crippen molar-refractivity contribution in [1.82, 2.24) is 15.3 Å². The fourth-order valence-electron chi connectivity index (χ4n) is 2.66. The summed E-state index contributed by atoms with van der Waals surface area (Å²) in [4.78, 5) is 19.3. The number of ether oxygens (including phenoxy) is 1. The van der Waals surface area contributed by atoms with Gasteiger partial charge >= 0.3 is 0 Å². The Bertz CT molecular complexity index is 826. The number of methoxy groups -OCH3 is 1. The van der Waals surface area contributed by atoms with Crippen molar-refractivity contribution in [3.05, 3.63) is 59.9 Å². The summed E-state index contributed by atoms with van der Waals surface area (Å²) >= 11 is 0. The highest BCUT2D eigenvalue weighted by Gasteiger charge is 2.04. The Kier molecular flexibility index (Phi) is 5.11. The van der Waals surface area contributed by atoms with Gasteiger partial charge in [0, 0.05) is 13.0 Å². The summed E-state index contributed by atoms with van der Waals surface area (Å²) in [5.41, 5.74) is 4.27. The number of nitrogens with zero attached hydrogens (tertiary/aromatic N) is 1. The van der Waals surface area contributed by atoms with E-state index in [2.05, 4.69) is 21.4 Å². The first-order valence-corrected chi connectivity index (χ1v) is 8.06. The third-order valence-electron chi connectivity index (χ3n) is 4.00. The van der Waals surface area contributed by atoms with E-state index in [1.54, 1.807) is 13.4 Å². The van der Waals surface area contributed by atoms with Gasteiger partial charge in [-0.1, -0.05) is 18.2 Å². The van der Waals surface area contributed by atoms with Gasteiger partial charge < -0.3 is 15.0 Å². The second-order valence-corrected chi connectivity index (χ2v) is 5.71. The van der Waals surface area contributed by atoms with Gasteiger partial charge in [-0.25, -0.2) is 4.98 Å².